The SMILES string of the molecule is Cc1cc(F)cc(C)c1CC(C)(C)NC[C@H](O)c1cc(O)cc2c1OCC(=O)N2. The van der Waals surface area contributed by atoms with Crippen molar-refractivity contribution in [3.63, 3.8) is 0 Å². The zero-order valence-corrected chi connectivity index (χ0v) is 17.1. The molecule has 1 atom stereocenters. The number of phenolic OH excluding ortho intramolecular Hbond substituents is 1. The maximum absolute atomic E-state index is 13.6. The number of hydrogen-bond donors (Lipinski definition) is 4. The molecule has 6 nitrogen and oxygen atoms in total. The average molecular weight is 402 g/mol. The largest absolute Gasteiger partial charge is 0.508 e. The Kier molecular flexibility index (Phi) is 5.82. The summed E-state index contributed by atoms with van der Waals surface area (Å²) >= 11 is 0. The third kappa shape index (κ3) is 4.86. The predicted molar refractivity (Wildman–Crippen MR) is 109 cm³/mol. The van der Waals surface area contributed by atoms with Crippen LogP contribution in [0.5, 0.6) is 11.5 Å². The molecule has 156 valence electrons. The number of β-amino-alcohol motifs (C(OH)–C–C–N with tert-alkyl or cyclic N) is 1. The second-order valence-electron chi connectivity index (χ2n) is 8.22. The van der Waals surface area contributed by atoms with Gasteiger partial charge in [-0.1, -0.05) is 0 Å². The minimum atomic E-state index is -0.958. The van der Waals surface area contributed by atoms with Crippen LogP contribution in [0, 0.1) is 19.7 Å². The minimum Gasteiger partial charge on any atom is -0.508 e. The van der Waals surface area contributed by atoms with Gasteiger partial charge in [-0.3, -0.25) is 4.79 Å². The number of aliphatic hydroxyl groups is 1. The van der Waals surface area contributed by atoms with Gasteiger partial charge in [0.25, 0.3) is 5.91 Å². The van der Waals surface area contributed by atoms with Crippen molar-refractivity contribution in [1.29, 1.82) is 0 Å². The van der Waals surface area contributed by atoms with E-state index in [1.54, 1.807) is 0 Å². The van der Waals surface area contributed by atoms with Crippen molar-refractivity contribution in [1.82, 2.24) is 5.32 Å². The van der Waals surface area contributed by atoms with Gasteiger partial charge in [0.1, 0.15) is 17.3 Å². The fraction of sp³-hybridized carbons (Fsp3) is 0.409. The summed E-state index contributed by atoms with van der Waals surface area (Å²) in [6.07, 6.45) is -0.303. The third-order valence-corrected chi connectivity index (χ3v) is 5.14. The number of amides is 1. The summed E-state index contributed by atoms with van der Waals surface area (Å²) in [5, 5.41) is 26.6. The summed E-state index contributed by atoms with van der Waals surface area (Å²) in [5.74, 6) is -0.265. The van der Waals surface area contributed by atoms with E-state index >= 15 is 0 Å². The van der Waals surface area contributed by atoms with Crippen LogP contribution in [0.2, 0.25) is 0 Å². The number of fused-ring (bicyclic) bond motifs is 1. The molecule has 0 saturated heterocycles. The summed E-state index contributed by atoms with van der Waals surface area (Å²) < 4.78 is 19.0. The lowest BCUT2D eigenvalue weighted by atomic mass is 9.89. The van der Waals surface area contributed by atoms with Crippen molar-refractivity contribution in [2.75, 3.05) is 18.5 Å². The van der Waals surface area contributed by atoms with E-state index < -0.39 is 6.10 Å². The number of rotatable bonds is 6. The number of hydrogen-bond acceptors (Lipinski definition) is 5. The second kappa shape index (κ2) is 8.00. The molecule has 1 amide bonds. The standard InChI is InChI=1S/C22H27FN2O4/c1-12-5-14(23)6-13(2)17(12)9-22(3,4)24-10-19(27)16-7-15(26)8-18-21(16)29-11-20(28)25-18/h5-8,19,24,26-27H,9-11H2,1-4H3,(H,25,28)/t19-/m0/s1. The van der Waals surface area contributed by atoms with E-state index in [2.05, 4.69) is 10.6 Å². The van der Waals surface area contributed by atoms with Gasteiger partial charge in [-0.15, -0.1) is 0 Å². The number of phenols is 1. The fourth-order valence-electron chi connectivity index (χ4n) is 3.67. The zero-order chi connectivity index (χ0) is 21.3. The highest BCUT2D eigenvalue weighted by atomic mass is 19.1. The highest BCUT2D eigenvalue weighted by molar-refractivity contribution is 5.96. The molecule has 7 heteroatoms. The number of nitrogens with one attached hydrogen (secondary N) is 2. The number of aromatic hydroxyl groups is 1. The van der Waals surface area contributed by atoms with Gasteiger partial charge in [-0.25, -0.2) is 4.39 Å². The molecule has 0 bridgehead atoms. The molecular formula is C22H27FN2O4. The predicted octanol–water partition coefficient (Wildman–Crippen LogP) is 3.12. The molecule has 0 spiro atoms. The van der Waals surface area contributed by atoms with Crippen LogP contribution >= 0.6 is 0 Å². The Bertz CT molecular complexity index is 920. The van der Waals surface area contributed by atoms with Crippen molar-refractivity contribution < 1.29 is 24.1 Å². The van der Waals surface area contributed by atoms with Gasteiger partial charge in [0.15, 0.2) is 6.61 Å². The first-order valence-electron chi connectivity index (χ1n) is 9.54. The second-order valence-corrected chi connectivity index (χ2v) is 8.22. The van der Waals surface area contributed by atoms with Crippen molar-refractivity contribution in [2.24, 2.45) is 0 Å². The number of halogens is 1. The number of anilines is 1. The summed E-state index contributed by atoms with van der Waals surface area (Å²) in [5.41, 5.74) is 3.22. The summed E-state index contributed by atoms with van der Waals surface area (Å²) in [6.45, 7) is 7.87. The highest BCUT2D eigenvalue weighted by Gasteiger charge is 2.26. The number of aliphatic hydroxyl groups excluding tert-OH is 1. The van der Waals surface area contributed by atoms with Crippen LogP contribution in [0.15, 0.2) is 24.3 Å². The first-order valence-corrected chi connectivity index (χ1v) is 9.54. The van der Waals surface area contributed by atoms with Crippen molar-refractivity contribution in [3.05, 3.63) is 52.3 Å². The normalized spacial score (nSPS) is 14.8. The van der Waals surface area contributed by atoms with Crippen LogP contribution in [0.3, 0.4) is 0 Å². The van der Waals surface area contributed by atoms with E-state index in [1.165, 1.54) is 24.3 Å². The molecule has 0 aliphatic carbocycles. The lowest BCUT2D eigenvalue weighted by Gasteiger charge is -2.30. The number of carbonyl (C=O) groups excluding carboxylic acids is 1. The van der Waals surface area contributed by atoms with E-state index in [9.17, 15) is 19.4 Å². The Morgan fingerprint density at radius 3 is 2.55 bits per heavy atom. The molecule has 4 N–H and O–H groups in total. The number of aryl methyl sites for hydroxylation is 2. The van der Waals surface area contributed by atoms with Crippen LogP contribution in [-0.4, -0.2) is 34.8 Å². The summed E-state index contributed by atoms with van der Waals surface area (Å²) in [4.78, 5) is 11.5. The van der Waals surface area contributed by atoms with Crippen molar-refractivity contribution >= 4 is 11.6 Å². The summed E-state index contributed by atoms with van der Waals surface area (Å²) in [6, 6.07) is 5.87. The number of carbonyl (C=O) groups is 1. The Morgan fingerprint density at radius 1 is 1.24 bits per heavy atom. The average Bonchev–Trinajstić information content (AvgIpc) is 2.61. The Morgan fingerprint density at radius 2 is 1.90 bits per heavy atom. The summed E-state index contributed by atoms with van der Waals surface area (Å²) in [7, 11) is 0. The molecule has 1 heterocycles. The zero-order valence-electron chi connectivity index (χ0n) is 17.1. The van der Waals surface area contributed by atoms with Crippen LogP contribution in [0.4, 0.5) is 10.1 Å². The molecular weight excluding hydrogens is 375 g/mol. The monoisotopic (exact) mass is 402 g/mol. The van der Waals surface area contributed by atoms with Crippen LogP contribution in [-0.2, 0) is 11.2 Å². The molecule has 0 aromatic heterocycles. The quantitative estimate of drug-likeness (QED) is 0.596. The molecule has 0 unspecified atom stereocenters. The maximum Gasteiger partial charge on any atom is 0.262 e. The first kappa shape index (κ1) is 21.1. The molecule has 3 rings (SSSR count). The lowest BCUT2D eigenvalue weighted by Crippen LogP contribution is -2.43. The van der Waals surface area contributed by atoms with Gasteiger partial charge in [-0.2, -0.15) is 0 Å². The Balaban J connectivity index is 1.74. The molecule has 0 saturated carbocycles. The first-order chi connectivity index (χ1) is 13.6. The van der Waals surface area contributed by atoms with E-state index in [1.807, 2.05) is 27.7 Å². The van der Waals surface area contributed by atoms with Gasteiger partial charge in [0, 0.05) is 23.7 Å². The van der Waals surface area contributed by atoms with Gasteiger partial charge >= 0.3 is 0 Å². The molecule has 1 aliphatic rings. The van der Waals surface area contributed by atoms with Gasteiger partial charge < -0.3 is 25.6 Å². The smallest absolute Gasteiger partial charge is 0.262 e. The number of benzene rings is 2. The van der Waals surface area contributed by atoms with Gasteiger partial charge in [-0.05, 0) is 69.0 Å². The van der Waals surface area contributed by atoms with Crippen LogP contribution < -0.4 is 15.4 Å². The Hall–Kier alpha value is -2.64. The van der Waals surface area contributed by atoms with Crippen LogP contribution in [0.1, 0.15) is 42.2 Å². The molecule has 0 fully saturated rings. The minimum absolute atomic E-state index is 0.0691. The third-order valence-electron chi connectivity index (χ3n) is 5.14. The lowest BCUT2D eigenvalue weighted by molar-refractivity contribution is -0.118. The van der Waals surface area contributed by atoms with Gasteiger partial charge in [0.05, 0.1) is 11.8 Å². The molecule has 1 aliphatic heterocycles. The highest BCUT2D eigenvalue weighted by Crippen LogP contribution is 2.38. The van der Waals surface area contributed by atoms with E-state index in [0.717, 1.165) is 16.7 Å². The molecule has 0 radical (unpaired) electrons. The van der Waals surface area contributed by atoms with Crippen LogP contribution in [0.25, 0.3) is 0 Å². The van der Waals surface area contributed by atoms with E-state index in [-0.39, 0.29) is 36.2 Å². The van der Waals surface area contributed by atoms with E-state index in [0.29, 0.717) is 23.4 Å². The van der Waals surface area contributed by atoms with E-state index in [4.69, 9.17) is 4.74 Å². The van der Waals surface area contributed by atoms with Gasteiger partial charge in [0.2, 0.25) is 0 Å². The number of ether oxygens (including phenoxy) is 1. The molecule has 2 aromatic rings. The topological polar surface area (TPSA) is 90.8 Å². The Labute approximate surface area is 169 Å². The molecule has 2 aromatic carbocycles. The van der Waals surface area contributed by atoms with Crippen molar-refractivity contribution in [2.45, 2.75) is 45.8 Å². The molecule has 29 heavy (non-hydrogen) atoms. The van der Waals surface area contributed by atoms with Crippen molar-refractivity contribution in [3.8, 4) is 11.5 Å². The maximum atomic E-state index is 13.6. The fourth-order valence-corrected chi connectivity index (χ4v) is 3.67.